The highest BCUT2D eigenvalue weighted by Crippen LogP contribution is 2.24. The predicted octanol–water partition coefficient (Wildman–Crippen LogP) is 3.59. The Labute approximate surface area is 162 Å². The van der Waals surface area contributed by atoms with Crippen LogP contribution in [-0.4, -0.2) is 24.8 Å². The van der Waals surface area contributed by atoms with Crippen LogP contribution in [0.3, 0.4) is 0 Å². The first-order valence-corrected chi connectivity index (χ1v) is 9.74. The minimum Gasteiger partial charge on any atom is -0.497 e. The number of methoxy groups -OCH3 is 1. The molecule has 0 amide bonds. The fourth-order valence-electron chi connectivity index (χ4n) is 2.63. The van der Waals surface area contributed by atoms with Gasteiger partial charge < -0.3 is 9.15 Å². The summed E-state index contributed by atoms with van der Waals surface area (Å²) in [6, 6.07) is 15.2. The number of nitrogens with zero attached hydrogens (tertiary/aromatic N) is 2. The summed E-state index contributed by atoms with van der Waals surface area (Å²) in [5.41, 5.74) is 0.564. The highest BCUT2D eigenvalue weighted by atomic mass is 32.2. The first-order valence-electron chi connectivity index (χ1n) is 8.30. The van der Waals surface area contributed by atoms with Crippen LogP contribution in [0.2, 0.25) is 0 Å². The van der Waals surface area contributed by atoms with Crippen LogP contribution in [0.4, 0.5) is 5.69 Å². The van der Waals surface area contributed by atoms with Crippen molar-refractivity contribution in [2.45, 2.75) is 18.0 Å². The number of benzene rings is 2. The molecule has 0 aliphatic heterocycles. The van der Waals surface area contributed by atoms with Crippen molar-refractivity contribution in [3.63, 3.8) is 0 Å². The van der Waals surface area contributed by atoms with E-state index in [9.17, 15) is 18.5 Å². The van der Waals surface area contributed by atoms with Crippen LogP contribution in [0, 0.1) is 10.1 Å². The molecule has 0 unspecified atom stereocenters. The minimum absolute atomic E-state index is 0.0261. The zero-order valence-electron chi connectivity index (χ0n) is 15.0. The standard InChI is InChI=1S/C19H18N2O6S/c1-26-17-8-10-19(11-9-17)28(24,25)20(14-18-3-2-12-27-18)13-15-4-6-16(7-5-15)21(22)23/h2-12H,13-14H2,1H3. The van der Waals surface area contributed by atoms with E-state index in [0.29, 0.717) is 17.1 Å². The van der Waals surface area contributed by atoms with Crippen LogP contribution in [0.5, 0.6) is 5.75 Å². The highest BCUT2D eigenvalue weighted by Gasteiger charge is 2.26. The van der Waals surface area contributed by atoms with Crippen LogP contribution in [0.1, 0.15) is 11.3 Å². The summed E-state index contributed by atoms with van der Waals surface area (Å²) >= 11 is 0. The number of ether oxygens (including phenoxy) is 1. The quantitative estimate of drug-likeness (QED) is 0.421. The third-order valence-electron chi connectivity index (χ3n) is 4.12. The van der Waals surface area contributed by atoms with Gasteiger partial charge in [-0.15, -0.1) is 0 Å². The summed E-state index contributed by atoms with van der Waals surface area (Å²) in [7, 11) is -2.34. The number of hydrogen-bond donors (Lipinski definition) is 0. The molecule has 0 atom stereocenters. The molecule has 8 nitrogen and oxygen atoms in total. The van der Waals surface area contributed by atoms with Gasteiger partial charge in [-0.05, 0) is 42.0 Å². The molecule has 28 heavy (non-hydrogen) atoms. The van der Waals surface area contributed by atoms with Gasteiger partial charge in [0, 0.05) is 18.7 Å². The molecule has 0 spiro atoms. The Balaban J connectivity index is 1.92. The largest absolute Gasteiger partial charge is 0.497 e. The molecule has 0 fully saturated rings. The number of furan rings is 1. The van der Waals surface area contributed by atoms with E-state index in [0.717, 1.165) is 0 Å². The summed E-state index contributed by atoms with van der Waals surface area (Å²) in [6.45, 7) is 0.0609. The number of nitro groups is 1. The van der Waals surface area contributed by atoms with E-state index < -0.39 is 14.9 Å². The lowest BCUT2D eigenvalue weighted by Gasteiger charge is -2.21. The molecule has 0 bridgehead atoms. The van der Waals surface area contributed by atoms with Gasteiger partial charge in [-0.25, -0.2) is 8.42 Å². The second kappa shape index (κ2) is 8.24. The summed E-state index contributed by atoms with van der Waals surface area (Å²) in [5, 5.41) is 10.8. The fraction of sp³-hybridized carbons (Fsp3) is 0.158. The van der Waals surface area contributed by atoms with Gasteiger partial charge in [-0.3, -0.25) is 10.1 Å². The van der Waals surface area contributed by atoms with Crippen molar-refractivity contribution in [1.82, 2.24) is 4.31 Å². The summed E-state index contributed by atoms with van der Waals surface area (Å²) in [6.07, 6.45) is 1.47. The van der Waals surface area contributed by atoms with Crippen molar-refractivity contribution < 1.29 is 22.5 Å². The Morgan fingerprint density at radius 2 is 1.71 bits per heavy atom. The molecule has 1 heterocycles. The molecule has 1 aromatic heterocycles. The van der Waals surface area contributed by atoms with Crippen LogP contribution in [0.25, 0.3) is 0 Å². The van der Waals surface area contributed by atoms with Gasteiger partial charge in [-0.1, -0.05) is 12.1 Å². The maximum atomic E-state index is 13.2. The van der Waals surface area contributed by atoms with E-state index in [2.05, 4.69) is 0 Å². The maximum Gasteiger partial charge on any atom is 0.269 e. The minimum atomic E-state index is -3.84. The average molecular weight is 402 g/mol. The molecule has 0 saturated heterocycles. The van der Waals surface area contributed by atoms with Gasteiger partial charge in [0.1, 0.15) is 11.5 Å². The SMILES string of the molecule is COc1ccc(S(=O)(=O)N(Cc2ccc([N+](=O)[O-])cc2)Cc2ccco2)cc1. The topological polar surface area (TPSA) is 103 Å². The summed E-state index contributed by atoms with van der Waals surface area (Å²) < 4.78 is 38.0. The second-order valence-corrected chi connectivity index (χ2v) is 7.89. The summed E-state index contributed by atoms with van der Waals surface area (Å²) in [4.78, 5) is 10.4. The van der Waals surface area contributed by atoms with Crippen LogP contribution in [-0.2, 0) is 23.1 Å². The lowest BCUT2D eigenvalue weighted by atomic mass is 10.2. The van der Waals surface area contributed by atoms with E-state index >= 15 is 0 Å². The molecule has 0 aliphatic rings. The third-order valence-corrected chi connectivity index (χ3v) is 5.92. The molecule has 0 saturated carbocycles. The molecular weight excluding hydrogens is 384 g/mol. The van der Waals surface area contributed by atoms with Crippen molar-refractivity contribution in [3.8, 4) is 5.75 Å². The first kappa shape index (κ1) is 19.6. The second-order valence-electron chi connectivity index (χ2n) is 5.95. The monoisotopic (exact) mass is 402 g/mol. The molecule has 3 aromatic rings. The van der Waals surface area contributed by atoms with E-state index in [1.165, 1.54) is 54.1 Å². The number of nitro benzene ring substituents is 1. The van der Waals surface area contributed by atoms with Crippen molar-refractivity contribution in [2.24, 2.45) is 0 Å². The van der Waals surface area contributed by atoms with Crippen molar-refractivity contribution in [2.75, 3.05) is 7.11 Å². The Bertz CT molecular complexity index is 1030. The predicted molar refractivity (Wildman–Crippen MR) is 101 cm³/mol. The highest BCUT2D eigenvalue weighted by molar-refractivity contribution is 7.89. The lowest BCUT2D eigenvalue weighted by molar-refractivity contribution is -0.384. The maximum absolute atomic E-state index is 13.2. The van der Waals surface area contributed by atoms with Gasteiger partial charge in [0.05, 0.1) is 29.7 Å². The van der Waals surface area contributed by atoms with Crippen LogP contribution >= 0.6 is 0 Å². The van der Waals surface area contributed by atoms with Crippen LogP contribution in [0.15, 0.2) is 76.2 Å². The normalized spacial score (nSPS) is 11.5. The smallest absolute Gasteiger partial charge is 0.269 e. The molecular formula is C19H18N2O6S. The average Bonchev–Trinajstić information content (AvgIpc) is 3.21. The molecule has 0 radical (unpaired) electrons. The molecule has 0 aliphatic carbocycles. The Hall–Kier alpha value is -3.17. The zero-order valence-corrected chi connectivity index (χ0v) is 15.8. The summed E-state index contributed by atoms with van der Waals surface area (Å²) in [5.74, 6) is 1.03. The lowest BCUT2D eigenvalue weighted by Crippen LogP contribution is -2.30. The molecule has 0 N–H and O–H groups in total. The van der Waals surface area contributed by atoms with Gasteiger partial charge in [0.2, 0.25) is 10.0 Å². The first-order chi connectivity index (χ1) is 13.4. The van der Waals surface area contributed by atoms with Crippen LogP contribution < -0.4 is 4.74 Å². The number of rotatable bonds is 8. The van der Waals surface area contributed by atoms with E-state index in [-0.39, 0.29) is 23.7 Å². The van der Waals surface area contributed by atoms with Crippen molar-refractivity contribution in [1.29, 1.82) is 0 Å². The number of non-ortho nitro benzene ring substituents is 1. The Morgan fingerprint density at radius 1 is 1.04 bits per heavy atom. The number of sulfonamides is 1. The van der Waals surface area contributed by atoms with Crippen molar-refractivity contribution in [3.05, 3.63) is 88.4 Å². The molecule has 2 aromatic carbocycles. The molecule has 9 heteroatoms. The van der Waals surface area contributed by atoms with Gasteiger partial charge in [0.25, 0.3) is 5.69 Å². The van der Waals surface area contributed by atoms with Gasteiger partial charge in [-0.2, -0.15) is 4.31 Å². The molecule has 3 rings (SSSR count). The number of hydrogen-bond acceptors (Lipinski definition) is 6. The fourth-order valence-corrected chi connectivity index (χ4v) is 4.02. The van der Waals surface area contributed by atoms with Gasteiger partial charge in [0.15, 0.2) is 0 Å². The van der Waals surface area contributed by atoms with Crippen molar-refractivity contribution >= 4 is 15.7 Å². The molecule has 146 valence electrons. The van der Waals surface area contributed by atoms with E-state index in [4.69, 9.17) is 9.15 Å². The zero-order chi connectivity index (χ0) is 20.1. The van der Waals surface area contributed by atoms with E-state index in [1.807, 2.05) is 0 Å². The Morgan fingerprint density at radius 3 is 2.25 bits per heavy atom. The third kappa shape index (κ3) is 4.38. The Kier molecular flexibility index (Phi) is 5.76. The van der Waals surface area contributed by atoms with E-state index in [1.54, 1.807) is 24.3 Å². The van der Waals surface area contributed by atoms with Gasteiger partial charge >= 0.3 is 0 Å².